The van der Waals surface area contributed by atoms with E-state index in [2.05, 4.69) is 22.0 Å². The van der Waals surface area contributed by atoms with E-state index in [1.807, 2.05) is 0 Å². The van der Waals surface area contributed by atoms with Crippen molar-refractivity contribution in [1.29, 1.82) is 0 Å². The van der Waals surface area contributed by atoms with Crippen LogP contribution in [0.1, 0.15) is 135 Å². The molecule has 0 saturated carbocycles. The highest BCUT2D eigenvalue weighted by atomic mass is 15.1. The van der Waals surface area contributed by atoms with E-state index in [4.69, 9.17) is 0 Å². The Kier molecular flexibility index (Phi) is 14.5. The van der Waals surface area contributed by atoms with E-state index in [9.17, 15) is 0 Å². The van der Waals surface area contributed by atoms with Crippen LogP contribution in [0.2, 0.25) is 0 Å². The standard InChI is InChI=1S/C31H56N2/c1-2-6-10-14-20-30-22-18-27-33(28-30)25-17-13-9-5-3-7-11-15-21-31-23-19-26-32(29-31)24-16-12-8-4-1/h22-23H,1-21,24-29H2. The molecule has 4 bridgehead atoms. The van der Waals surface area contributed by atoms with Crippen LogP contribution in [0.4, 0.5) is 0 Å². The van der Waals surface area contributed by atoms with Crippen molar-refractivity contribution in [3.63, 3.8) is 0 Å². The summed E-state index contributed by atoms with van der Waals surface area (Å²) in [7, 11) is 0. The highest BCUT2D eigenvalue weighted by Gasteiger charge is 2.13. The van der Waals surface area contributed by atoms with Crippen molar-refractivity contribution in [2.24, 2.45) is 0 Å². The van der Waals surface area contributed by atoms with E-state index < -0.39 is 0 Å². The molecule has 0 aromatic rings. The maximum absolute atomic E-state index is 2.74. The Morgan fingerprint density at radius 2 is 0.697 bits per heavy atom. The van der Waals surface area contributed by atoms with Crippen molar-refractivity contribution in [3.8, 4) is 0 Å². The molecule has 2 unspecified atom stereocenters. The van der Waals surface area contributed by atoms with Gasteiger partial charge in [0.25, 0.3) is 0 Å². The maximum atomic E-state index is 2.74. The number of fused-ring (bicyclic) bond motifs is 4. The SMILES string of the molecule is C1=C2CCCCCCCCCCN3CCC=C(CCCCCCCCCCCN(CC1)C2)C3. The minimum absolute atomic E-state index is 1.27. The predicted molar refractivity (Wildman–Crippen MR) is 146 cm³/mol. The van der Waals surface area contributed by atoms with Crippen LogP contribution in [-0.2, 0) is 0 Å². The van der Waals surface area contributed by atoms with Gasteiger partial charge in [0.2, 0.25) is 0 Å². The maximum Gasteiger partial charge on any atom is 0.0192 e. The summed E-state index contributed by atoms with van der Waals surface area (Å²) in [6, 6.07) is 0. The lowest BCUT2D eigenvalue weighted by atomic mass is 10.0. The Morgan fingerprint density at radius 1 is 0.364 bits per heavy atom. The zero-order valence-corrected chi connectivity index (χ0v) is 22.1. The zero-order valence-electron chi connectivity index (χ0n) is 22.1. The van der Waals surface area contributed by atoms with Crippen molar-refractivity contribution < 1.29 is 0 Å². The van der Waals surface area contributed by atoms with E-state index in [0.29, 0.717) is 0 Å². The molecule has 3 aliphatic rings. The molecule has 3 aliphatic heterocycles. The van der Waals surface area contributed by atoms with Gasteiger partial charge >= 0.3 is 0 Å². The van der Waals surface area contributed by atoms with Crippen molar-refractivity contribution in [3.05, 3.63) is 23.3 Å². The molecule has 1 saturated heterocycles. The monoisotopic (exact) mass is 456 g/mol. The third-order valence-electron chi connectivity index (χ3n) is 8.30. The van der Waals surface area contributed by atoms with Crippen LogP contribution in [0.15, 0.2) is 23.3 Å². The molecular formula is C31H56N2. The minimum Gasteiger partial charge on any atom is -0.299 e. The van der Waals surface area contributed by atoms with Crippen molar-refractivity contribution in [1.82, 2.24) is 9.80 Å². The first-order chi connectivity index (χ1) is 16.4. The van der Waals surface area contributed by atoms with Crippen molar-refractivity contribution in [2.45, 2.75) is 135 Å². The van der Waals surface area contributed by atoms with Gasteiger partial charge in [0.05, 0.1) is 0 Å². The van der Waals surface area contributed by atoms with Crippen LogP contribution in [0, 0.1) is 0 Å². The first kappa shape index (κ1) is 27.0. The van der Waals surface area contributed by atoms with Gasteiger partial charge < -0.3 is 0 Å². The summed E-state index contributed by atoms with van der Waals surface area (Å²) in [6.45, 7) is 7.83. The fraction of sp³-hybridized carbons (Fsp3) is 0.871. The third-order valence-corrected chi connectivity index (χ3v) is 8.30. The Balaban J connectivity index is 1.33. The van der Waals surface area contributed by atoms with Crippen LogP contribution in [-0.4, -0.2) is 49.1 Å². The number of hydrogen-bond acceptors (Lipinski definition) is 2. The molecule has 0 radical (unpaired) electrons. The molecule has 3 heterocycles. The van der Waals surface area contributed by atoms with Crippen LogP contribution >= 0.6 is 0 Å². The van der Waals surface area contributed by atoms with E-state index in [0.717, 1.165) is 0 Å². The molecule has 0 aromatic carbocycles. The van der Waals surface area contributed by atoms with Crippen LogP contribution in [0.3, 0.4) is 0 Å². The second kappa shape index (κ2) is 17.8. The van der Waals surface area contributed by atoms with Gasteiger partial charge in [-0.15, -0.1) is 0 Å². The molecule has 0 N–H and O–H groups in total. The largest absolute Gasteiger partial charge is 0.299 e. The molecule has 3 rings (SSSR count). The molecule has 2 nitrogen and oxygen atoms in total. The number of nitrogens with zero attached hydrogens (tertiary/aromatic N) is 2. The molecule has 33 heavy (non-hydrogen) atoms. The highest BCUT2D eigenvalue weighted by molar-refractivity contribution is 5.08. The second-order valence-corrected chi connectivity index (χ2v) is 11.4. The Labute approximate surface area is 207 Å². The molecular weight excluding hydrogens is 400 g/mol. The Morgan fingerprint density at radius 3 is 1.09 bits per heavy atom. The van der Waals surface area contributed by atoms with Gasteiger partial charge in [0, 0.05) is 26.2 Å². The quantitative estimate of drug-likeness (QED) is 0.336. The highest BCUT2D eigenvalue weighted by Crippen LogP contribution is 2.20. The summed E-state index contributed by atoms with van der Waals surface area (Å²) in [5, 5.41) is 0. The average molecular weight is 457 g/mol. The fourth-order valence-electron chi connectivity index (χ4n) is 6.18. The molecule has 190 valence electrons. The summed E-state index contributed by atoms with van der Waals surface area (Å²) >= 11 is 0. The lowest BCUT2D eigenvalue weighted by Crippen LogP contribution is -2.31. The summed E-state index contributed by atoms with van der Waals surface area (Å²) in [4.78, 5) is 5.48. The Hall–Kier alpha value is -0.600. The molecule has 0 amide bonds. The van der Waals surface area contributed by atoms with Crippen molar-refractivity contribution >= 4 is 0 Å². The molecule has 0 aliphatic carbocycles. The van der Waals surface area contributed by atoms with E-state index in [1.54, 1.807) is 11.1 Å². The topological polar surface area (TPSA) is 6.48 Å². The van der Waals surface area contributed by atoms with Gasteiger partial charge in [-0.3, -0.25) is 9.80 Å². The molecule has 0 aromatic heterocycles. The summed E-state index contributed by atoms with van der Waals surface area (Å²) in [6.07, 6.45) is 35.0. The van der Waals surface area contributed by atoms with Gasteiger partial charge in [-0.1, -0.05) is 107 Å². The summed E-state index contributed by atoms with van der Waals surface area (Å²) in [5.41, 5.74) is 3.49. The minimum atomic E-state index is 1.27. The van der Waals surface area contributed by atoms with Gasteiger partial charge in [-0.2, -0.15) is 0 Å². The lowest BCUT2D eigenvalue weighted by Gasteiger charge is -2.27. The van der Waals surface area contributed by atoms with Gasteiger partial charge in [-0.25, -0.2) is 0 Å². The second-order valence-electron chi connectivity index (χ2n) is 11.4. The van der Waals surface area contributed by atoms with E-state index in [1.165, 1.54) is 174 Å². The first-order valence-corrected chi connectivity index (χ1v) is 15.2. The van der Waals surface area contributed by atoms with Crippen LogP contribution in [0.5, 0.6) is 0 Å². The van der Waals surface area contributed by atoms with Gasteiger partial charge in [-0.05, 0) is 64.5 Å². The van der Waals surface area contributed by atoms with Crippen molar-refractivity contribution in [2.75, 3.05) is 39.3 Å². The Bertz CT molecular complexity index is 549. The van der Waals surface area contributed by atoms with Gasteiger partial charge in [0.1, 0.15) is 0 Å². The van der Waals surface area contributed by atoms with E-state index >= 15 is 0 Å². The normalized spacial score (nSPS) is 29.3. The predicted octanol–water partition coefficient (Wildman–Crippen LogP) is 8.68. The molecule has 2 atom stereocenters. The molecule has 1 fully saturated rings. The zero-order chi connectivity index (χ0) is 22.8. The van der Waals surface area contributed by atoms with Gasteiger partial charge in [0.15, 0.2) is 0 Å². The number of hydrogen-bond donors (Lipinski definition) is 0. The smallest absolute Gasteiger partial charge is 0.0192 e. The fourth-order valence-corrected chi connectivity index (χ4v) is 6.18. The van der Waals surface area contributed by atoms with E-state index in [-0.39, 0.29) is 0 Å². The number of rotatable bonds is 0. The van der Waals surface area contributed by atoms with Crippen LogP contribution < -0.4 is 0 Å². The summed E-state index contributed by atoms with van der Waals surface area (Å²) in [5.74, 6) is 0. The molecule has 0 spiro atoms. The molecule has 2 heteroatoms. The average Bonchev–Trinajstić information content (AvgIpc) is 2.84. The first-order valence-electron chi connectivity index (χ1n) is 15.2. The van der Waals surface area contributed by atoms with Crippen LogP contribution in [0.25, 0.3) is 0 Å². The third kappa shape index (κ3) is 12.6. The lowest BCUT2D eigenvalue weighted by molar-refractivity contribution is 0.278. The summed E-state index contributed by atoms with van der Waals surface area (Å²) < 4.78 is 0.